The van der Waals surface area contributed by atoms with Crippen LogP contribution in [0.3, 0.4) is 0 Å². The highest BCUT2D eigenvalue weighted by atomic mass is 35.5. The van der Waals surface area contributed by atoms with Crippen LogP contribution >= 0.6 is 23.7 Å². The Hall–Kier alpha value is -2.30. The van der Waals surface area contributed by atoms with Crippen LogP contribution in [-0.2, 0) is 6.18 Å². The van der Waals surface area contributed by atoms with Crippen molar-refractivity contribution < 1.29 is 22.8 Å². The second-order valence-corrected chi connectivity index (χ2v) is 7.51. The topological polar surface area (TPSA) is 64.7 Å². The zero-order valence-electron chi connectivity index (χ0n) is 15.9. The summed E-state index contributed by atoms with van der Waals surface area (Å²) < 4.78 is 37.6. The van der Waals surface area contributed by atoms with Gasteiger partial charge in [0.15, 0.2) is 0 Å². The maximum Gasteiger partial charge on any atom is 0.416 e. The van der Waals surface area contributed by atoms with E-state index in [1.165, 1.54) is 23.5 Å². The Balaban J connectivity index is 0.00000320. The average molecular weight is 463 g/mol. The van der Waals surface area contributed by atoms with Gasteiger partial charge in [0.05, 0.1) is 10.4 Å². The van der Waals surface area contributed by atoms with E-state index in [1.807, 2.05) is 22.4 Å². The summed E-state index contributed by atoms with van der Waals surface area (Å²) in [6, 6.07) is 7.47. The molecule has 6 nitrogen and oxygen atoms in total. The van der Waals surface area contributed by atoms with Crippen molar-refractivity contribution in [1.29, 1.82) is 0 Å². The van der Waals surface area contributed by atoms with Crippen molar-refractivity contribution >= 4 is 41.4 Å². The zero-order chi connectivity index (χ0) is 20.9. The summed E-state index contributed by atoms with van der Waals surface area (Å²) in [5, 5.41) is 7.07. The van der Waals surface area contributed by atoms with Crippen molar-refractivity contribution in [2.75, 3.05) is 44.6 Å². The molecule has 0 bridgehead atoms. The number of piperazine rings is 1. The molecule has 1 saturated heterocycles. The van der Waals surface area contributed by atoms with Crippen LogP contribution in [0.1, 0.15) is 15.2 Å². The Morgan fingerprint density at radius 3 is 2.27 bits per heavy atom. The Morgan fingerprint density at radius 1 is 1.03 bits per heavy atom. The van der Waals surface area contributed by atoms with Crippen LogP contribution in [-0.4, -0.2) is 61.0 Å². The highest BCUT2D eigenvalue weighted by molar-refractivity contribution is 7.12. The summed E-state index contributed by atoms with van der Waals surface area (Å²) in [6.45, 7) is 3.73. The number of anilines is 1. The molecule has 0 aliphatic carbocycles. The van der Waals surface area contributed by atoms with E-state index < -0.39 is 17.8 Å². The number of halogens is 4. The summed E-state index contributed by atoms with van der Waals surface area (Å²) in [7, 11) is 0. The van der Waals surface area contributed by atoms with Crippen LogP contribution < -0.4 is 10.6 Å². The van der Waals surface area contributed by atoms with Gasteiger partial charge in [-0.1, -0.05) is 6.07 Å². The lowest BCUT2D eigenvalue weighted by molar-refractivity contribution is -0.137. The van der Waals surface area contributed by atoms with Gasteiger partial charge < -0.3 is 15.5 Å². The van der Waals surface area contributed by atoms with Crippen molar-refractivity contribution in [3.05, 3.63) is 52.2 Å². The van der Waals surface area contributed by atoms with Gasteiger partial charge in [-0.2, -0.15) is 13.2 Å². The van der Waals surface area contributed by atoms with Gasteiger partial charge >= 0.3 is 12.2 Å². The highest BCUT2D eigenvalue weighted by Crippen LogP contribution is 2.29. The fourth-order valence-electron chi connectivity index (χ4n) is 2.98. The smallest absolute Gasteiger partial charge is 0.337 e. The van der Waals surface area contributed by atoms with Crippen LogP contribution in [0.25, 0.3) is 0 Å². The summed E-state index contributed by atoms with van der Waals surface area (Å²) in [5.74, 6) is 0.0497. The number of hydrogen-bond acceptors (Lipinski definition) is 4. The molecule has 2 N–H and O–H groups in total. The van der Waals surface area contributed by atoms with Crippen LogP contribution in [0.15, 0.2) is 41.8 Å². The molecule has 1 aliphatic rings. The quantitative estimate of drug-likeness (QED) is 0.711. The molecule has 0 saturated carbocycles. The molecule has 2 heterocycles. The minimum absolute atomic E-state index is 0. The Labute approximate surface area is 182 Å². The molecular formula is C19H22ClF3N4O2S. The number of carbonyl (C=O) groups is 2. The van der Waals surface area contributed by atoms with Gasteiger partial charge in [0.2, 0.25) is 0 Å². The molecule has 0 radical (unpaired) electrons. The third-order valence-electron chi connectivity index (χ3n) is 4.58. The molecule has 0 spiro atoms. The van der Waals surface area contributed by atoms with Crippen LogP contribution in [0.5, 0.6) is 0 Å². The van der Waals surface area contributed by atoms with Gasteiger partial charge in [-0.3, -0.25) is 9.69 Å². The maximum atomic E-state index is 12.5. The molecular weight excluding hydrogens is 441 g/mol. The molecule has 2 aromatic rings. The fraction of sp³-hybridized carbons (Fsp3) is 0.368. The molecule has 1 aliphatic heterocycles. The van der Waals surface area contributed by atoms with E-state index in [0.717, 1.165) is 30.1 Å². The minimum Gasteiger partial charge on any atom is -0.337 e. The molecule has 164 valence electrons. The maximum absolute atomic E-state index is 12.5. The van der Waals surface area contributed by atoms with Gasteiger partial charge in [0, 0.05) is 45.0 Å². The van der Waals surface area contributed by atoms with E-state index in [2.05, 4.69) is 15.5 Å². The predicted octanol–water partition coefficient (Wildman–Crippen LogP) is 3.77. The number of carbonyl (C=O) groups excluding carboxylic acids is 2. The number of nitrogens with zero attached hydrogens (tertiary/aromatic N) is 2. The van der Waals surface area contributed by atoms with Gasteiger partial charge in [-0.05, 0) is 35.7 Å². The molecule has 3 amide bonds. The number of urea groups is 1. The van der Waals surface area contributed by atoms with Crippen LogP contribution in [0.2, 0.25) is 0 Å². The predicted molar refractivity (Wildman–Crippen MR) is 112 cm³/mol. The first kappa shape index (κ1) is 24.0. The third-order valence-corrected chi connectivity index (χ3v) is 5.43. The van der Waals surface area contributed by atoms with Crippen molar-refractivity contribution in [3.8, 4) is 0 Å². The fourth-order valence-corrected chi connectivity index (χ4v) is 3.67. The van der Waals surface area contributed by atoms with E-state index in [1.54, 1.807) is 0 Å². The van der Waals surface area contributed by atoms with Gasteiger partial charge in [-0.25, -0.2) is 4.79 Å². The molecule has 0 unspecified atom stereocenters. The molecule has 1 aromatic carbocycles. The number of amides is 3. The number of hydrogen-bond donors (Lipinski definition) is 2. The van der Waals surface area contributed by atoms with Crippen LogP contribution in [0, 0.1) is 0 Å². The first-order chi connectivity index (χ1) is 13.8. The largest absolute Gasteiger partial charge is 0.416 e. The Morgan fingerprint density at radius 2 is 1.70 bits per heavy atom. The summed E-state index contributed by atoms with van der Waals surface area (Å²) in [4.78, 5) is 28.9. The standard InChI is InChI=1S/C19H21F3N4O2S.ClH/c20-19(21,22)14-3-5-15(6-4-14)24-18(28)23-7-8-25-9-11-26(12-10-25)17(27)16-2-1-13-29-16;/h1-6,13H,7-12H2,(H2,23,24,28);1H. The van der Waals surface area contributed by atoms with Crippen molar-refractivity contribution in [1.82, 2.24) is 15.1 Å². The SMILES string of the molecule is Cl.O=C(NCCN1CCN(C(=O)c2cccs2)CC1)Nc1ccc(C(F)(F)F)cc1. The highest BCUT2D eigenvalue weighted by Gasteiger charge is 2.30. The molecule has 1 fully saturated rings. The van der Waals surface area contributed by atoms with E-state index in [-0.39, 0.29) is 24.0 Å². The number of alkyl halides is 3. The summed E-state index contributed by atoms with van der Waals surface area (Å²) in [5.41, 5.74) is -0.476. The van der Waals surface area contributed by atoms with E-state index in [0.29, 0.717) is 26.2 Å². The van der Waals surface area contributed by atoms with Gasteiger partial charge in [0.1, 0.15) is 0 Å². The average Bonchev–Trinajstić information content (AvgIpc) is 3.22. The van der Waals surface area contributed by atoms with E-state index in [9.17, 15) is 22.8 Å². The summed E-state index contributed by atoms with van der Waals surface area (Å²) >= 11 is 1.43. The first-order valence-corrected chi connectivity index (χ1v) is 9.98. The number of thiophene rings is 1. The Kier molecular flexibility index (Phi) is 8.51. The van der Waals surface area contributed by atoms with Crippen molar-refractivity contribution in [3.63, 3.8) is 0 Å². The molecule has 1 aromatic heterocycles. The van der Waals surface area contributed by atoms with Crippen molar-refractivity contribution in [2.45, 2.75) is 6.18 Å². The normalized spacial score (nSPS) is 14.7. The lowest BCUT2D eigenvalue weighted by Crippen LogP contribution is -2.50. The number of benzene rings is 1. The third kappa shape index (κ3) is 6.61. The first-order valence-electron chi connectivity index (χ1n) is 9.10. The second kappa shape index (κ2) is 10.6. The lowest BCUT2D eigenvalue weighted by Gasteiger charge is -2.34. The zero-order valence-corrected chi connectivity index (χ0v) is 17.6. The monoisotopic (exact) mass is 462 g/mol. The van der Waals surface area contributed by atoms with E-state index in [4.69, 9.17) is 0 Å². The minimum atomic E-state index is -4.40. The molecule has 30 heavy (non-hydrogen) atoms. The molecule has 11 heteroatoms. The summed E-state index contributed by atoms with van der Waals surface area (Å²) in [6.07, 6.45) is -4.40. The van der Waals surface area contributed by atoms with Gasteiger partial charge in [-0.15, -0.1) is 23.7 Å². The molecule has 0 atom stereocenters. The van der Waals surface area contributed by atoms with Crippen molar-refractivity contribution in [2.24, 2.45) is 0 Å². The number of nitrogens with one attached hydrogen (secondary N) is 2. The lowest BCUT2D eigenvalue weighted by atomic mass is 10.2. The van der Waals surface area contributed by atoms with E-state index >= 15 is 0 Å². The van der Waals surface area contributed by atoms with Crippen LogP contribution in [0.4, 0.5) is 23.7 Å². The molecule has 3 rings (SSSR count). The van der Waals surface area contributed by atoms with Gasteiger partial charge in [0.25, 0.3) is 5.91 Å². The number of rotatable bonds is 5. The second-order valence-electron chi connectivity index (χ2n) is 6.57. The Bertz CT molecular complexity index is 823.